The van der Waals surface area contributed by atoms with E-state index in [0.29, 0.717) is 10.9 Å². The third-order valence-corrected chi connectivity index (χ3v) is 4.27. The molecule has 1 aliphatic rings. The van der Waals surface area contributed by atoms with Gasteiger partial charge in [0.1, 0.15) is 5.69 Å². The zero-order valence-corrected chi connectivity index (χ0v) is 11.4. The van der Waals surface area contributed by atoms with Gasteiger partial charge in [0.2, 0.25) is 0 Å². The van der Waals surface area contributed by atoms with Crippen molar-refractivity contribution in [2.75, 3.05) is 18.8 Å². The first-order chi connectivity index (χ1) is 7.68. The van der Waals surface area contributed by atoms with Gasteiger partial charge in [-0.2, -0.15) is 11.8 Å². The van der Waals surface area contributed by atoms with Gasteiger partial charge in [0, 0.05) is 34.8 Å². The van der Waals surface area contributed by atoms with Crippen LogP contribution in [-0.2, 0) is 0 Å². The minimum Gasteiger partial charge on any atom is -0.335 e. The summed E-state index contributed by atoms with van der Waals surface area (Å²) in [7, 11) is 0. The van der Waals surface area contributed by atoms with E-state index < -0.39 is 0 Å². The maximum absolute atomic E-state index is 12.2. The fourth-order valence-corrected chi connectivity index (χ4v) is 3.13. The smallest absolute Gasteiger partial charge is 0.273 e. The van der Waals surface area contributed by atoms with Gasteiger partial charge >= 0.3 is 0 Å². The van der Waals surface area contributed by atoms with Gasteiger partial charge in [-0.15, -0.1) is 0 Å². The number of aromatic nitrogens is 1. The van der Waals surface area contributed by atoms with Crippen molar-refractivity contribution in [2.24, 2.45) is 0 Å². The summed E-state index contributed by atoms with van der Waals surface area (Å²) in [6.45, 7) is 3.78. The molecule has 1 saturated heterocycles. The Balaban J connectivity index is 2.16. The summed E-state index contributed by atoms with van der Waals surface area (Å²) in [5.74, 6) is 1.04. The summed E-state index contributed by atoms with van der Waals surface area (Å²) in [6.07, 6.45) is 1.65. The monoisotopic (exact) mass is 300 g/mol. The lowest BCUT2D eigenvalue weighted by molar-refractivity contribution is 0.0756. The number of carbonyl (C=O) groups excluding carboxylic acids is 1. The molecule has 0 N–H and O–H groups in total. The predicted octanol–water partition coefficient (Wildman–Crippen LogP) is 2.42. The number of thioether (sulfide) groups is 1. The van der Waals surface area contributed by atoms with E-state index in [-0.39, 0.29) is 5.91 Å². The minimum atomic E-state index is 0.0274. The van der Waals surface area contributed by atoms with Crippen molar-refractivity contribution < 1.29 is 4.79 Å². The van der Waals surface area contributed by atoms with Crippen LogP contribution in [0.2, 0.25) is 0 Å². The molecule has 0 saturated carbocycles. The highest BCUT2D eigenvalue weighted by Crippen LogP contribution is 2.21. The third-order valence-electron chi connectivity index (χ3n) is 2.49. The highest BCUT2D eigenvalue weighted by Gasteiger charge is 2.24. The summed E-state index contributed by atoms with van der Waals surface area (Å²) in [5.41, 5.74) is 0.515. The molecular formula is C11H13BrN2OS. The van der Waals surface area contributed by atoms with Gasteiger partial charge in [-0.05, 0) is 28.1 Å². The first-order valence-corrected chi connectivity index (χ1v) is 7.04. The topological polar surface area (TPSA) is 33.2 Å². The van der Waals surface area contributed by atoms with Crippen LogP contribution in [0.15, 0.2) is 22.8 Å². The van der Waals surface area contributed by atoms with E-state index in [2.05, 4.69) is 27.8 Å². The average molecular weight is 301 g/mol. The quantitative estimate of drug-likeness (QED) is 0.799. The van der Waals surface area contributed by atoms with Crippen LogP contribution in [-0.4, -0.2) is 39.9 Å². The second kappa shape index (κ2) is 5.19. The summed E-state index contributed by atoms with van der Waals surface area (Å²) in [6, 6.07) is 3.66. The van der Waals surface area contributed by atoms with E-state index in [9.17, 15) is 4.79 Å². The van der Waals surface area contributed by atoms with E-state index in [1.54, 1.807) is 6.20 Å². The molecule has 1 aliphatic heterocycles. The van der Waals surface area contributed by atoms with E-state index in [1.165, 1.54) is 0 Å². The van der Waals surface area contributed by atoms with Gasteiger partial charge in [-0.3, -0.25) is 4.79 Å². The number of rotatable bonds is 1. The third kappa shape index (κ3) is 2.58. The Morgan fingerprint density at radius 1 is 1.69 bits per heavy atom. The van der Waals surface area contributed by atoms with Gasteiger partial charge in [0.15, 0.2) is 0 Å². The molecule has 0 bridgehead atoms. The fourth-order valence-electron chi connectivity index (χ4n) is 1.70. The molecule has 0 spiro atoms. The van der Waals surface area contributed by atoms with Gasteiger partial charge < -0.3 is 4.90 Å². The average Bonchev–Trinajstić information content (AvgIpc) is 2.29. The molecule has 86 valence electrons. The molecule has 1 aromatic rings. The van der Waals surface area contributed by atoms with E-state index in [0.717, 1.165) is 23.3 Å². The molecule has 2 rings (SSSR count). The van der Waals surface area contributed by atoms with Crippen molar-refractivity contribution in [3.8, 4) is 0 Å². The molecule has 1 fully saturated rings. The normalized spacial score (nSPS) is 20.9. The zero-order chi connectivity index (χ0) is 11.5. The van der Waals surface area contributed by atoms with Gasteiger partial charge in [0.05, 0.1) is 0 Å². The first kappa shape index (κ1) is 11.9. The molecule has 1 aromatic heterocycles. The number of nitrogens with zero attached hydrogens (tertiary/aromatic N) is 2. The Hall–Kier alpha value is -0.550. The molecule has 16 heavy (non-hydrogen) atoms. The Morgan fingerprint density at radius 2 is 2.50 bits per heavy atom. The molecule has 1 unspecified atom stereocenters. The van der Waals surface area contributed by atoms with E-state index >= 15 is 0 Å². The molecule has 2 heterocycles. The molecule has 1 amide bonds. The predicted molar refractivity (Wildman–Crippen MR) is 69.8 cm³/mol. The van der Waals surface area contributed by atoms with Crippen LogP contribution >= 0.6 is 27.7 Å². The number of hydrogen-bond donors (Lipinski definition) is 0. The maximum atomic E-state index is 12.2. The molecule has 0 radical (unpaired) electrons. The standard InChI is InChI=1S/C11H13BrN2OS/c1-8-7-14(5-6-16-8)11(15)10-9(12)3-2-4-13-10/h2-4,8H,5-7H2,1H3. The van der Waals surface area contributed by atoms with Crippen molar-refractivity contribution in [2.45, 2.75) is 12.2 Å². The van der Waals surface area contributed by atoms with Crippen LogP contribution in [0.3, 0.4) is 0 Å². The van der Waals surface area contributed by atoms with Crippen molar-refractivity contribution in [3.63, 3.8) is 0 Å². The van der Waals surface area contributed by atoms with Gasteiger partial charge in [-0.25, -0.2) is 4.98 Å². The Kier molecular flexibility index (Phi) is 3.86. The molecular weight excluding hydrogens is 288 g/mol. The lowest BCUT2D eigenvalue weighted by Gasteiger charge is -2.30. The van der Waals surface area contributed by atoms with Crippen molar-refractivity contribution in [1.82, 2.24) is 9.88 Å². The maximum Gasteiger partial charge on any atom is 0.273 e. The minimum absolute atomic E-state index is 0.0274. The van der Waals surface area contributed by atoms with Crippen LogP contribution in [0, 0.1) is 0 Å². The van der Waals surface area contributed by atoms with Crippen LogP contribution in [0.1, 0.15) is 17.4 Å². The number of halogens is 1. The molecule has 3 nitrogen and oxygen atoms in total. The van der Waals surface area contributed by atoms with Crippen LogP contribution in [0.5, 0.6) is 0 Å². The lowest BCUT2D eigenvalue weighted by Crippen LogP contribution is -2.41. The lowest BCUT2D eigenvalue weighted by atomic mass is 10.3. The van der Waals surface area contributed by atoms with Gasteiger partial charge in [0.25, 0.3) is 5.91 Å². The molecule has 0 aliphatic carbocycles. The second-order valence-electron chi connectivity index (χ2n) is 3.77. The Morgan fingerprint density at radius 3 is 3.19 bits per heavy atom. The van der Waals surface area contributed by atoms with Crippen molar-refractivity contribution >= 4 is 33.6 Å². The van der Waals surface area contributed by atoms with Crippen molar-refractivity contribution in [3.05, 3.63) is 28.5 Å². The van der Waals surface area contributed by atoms with Crippen LogP contribution in [0.4, 0.5) is 0 Å². The number of hydrogen-bond acceptors (Lipinski definition) is 3. The number of carbonyl (C=O) groups is 1. The SMILES string of the molecule is CC1CN(C(=O)c2ncccc2Br)CCS1. The Bertz CT molecular complexity index is 399. The summed E-state index contributed by atoms with van der Waals surface area (Å²) >= 11 is 5.28. The molecule has 0 aromatic carbocycles. The largest absolute Gasteiger partial charge is 0.335 e. The first-order valence-electron chi connectivity index (χ1n) is 5.20. The van der Waals surface area contributed by atoms with E-state index in [1.807, 2.05) is 28.8 Å². The fraction of sp³-hybridized carbons (Fsp3) is 0.455. The Labute approximate surface area is 108 Å². The number of pyridine rings is 1. The molecule has 1 atom stereocenters. The highest BCUT2D eigenvalue weighted by molar-refractivity contribution is 9.10. The van der Waals surface area contributed by atoms with Crippen LogP contribution < -0.4 is 0 Å². The summed E-state index contributed by atoms with van der Waals surface area (Å²) < 4.78 is 0.769. The van der Waals surface area contributed by atoms with E-state index in [4.69, 9.17) is 0 Å². The summed E-state index contributed by atoms with van der Waals surface area (Å²) in [5, 5.41) is 0.514. The summed E-state index contributed by atoms with van der Waals surface area (Å²) in [4.78, 5) is 18.2. The van der Waals surface area contributed by atoms with Gasteiger partial charge in [-0.1, -0.05) is 6.92 Å². The molecule has 5 heteroatoms. The van der Waals surface area contributed by atoms with Crippen molar-refractivity contribution in [1.29, 1.82) is 0 Å². The second-order valence-corrected chi connectivity index (χ2v) is 6.17. The highest BCUT2D eigenvalue weighted by atomic mass is 79.9. The number of amides is 1. The zero-order valence-electron chi connectivity index (χ0n) is 9.02. The van der Waals surface area contributed by atoms with Crippen LogP contribution in [0.25, 0.3) is 0 Å².